The summed E-state index contributed by atoms with van der Waals surface area (Å²) in [7, 11) is 1.66. The molecule has 0 saturated carbocycles. The van der Waals surface area contributed by atoms with E-state index in [4.69, 9.17) is 0 Å². The van der Waals surface area contributed by atoms with Crippen LogP contribution in [-0.2, 0) is 20.0 Å². The molecule has 3 aromatic rings. The van der Waals surface area contributed by atoms with Crippen LogP contribution in [0.1, 0.15) is 29.2 Å². The SMILES string of the molecule is Cn1nc2n(c1=O)CCC(NC(=O)c1cc3cccnc3[nH]1)CC2. The van der Waals surface area contributed by atoms with Crippen molar-refractivity contribution < 1.29 is 4.79 Å². The van der Waals surface area contributed by atoms with Crippen LogP contribution in [0.4, 0.5) is 0 Å². The molecule has 4 heterocycles. The number of aromatic amines is 1. The average molecular weight is 326 g/mol. The van der Waals surface area contributed by atoms with Gasteiger partial charge < -0.3 is 10.3 Å². The monoisotopic (exact) mass is 326 g/mol. The maximum Gasteiger partial charge on any atom is 0.345 e. The van der Waals surface area contributed by atoms with Crippen LogP contribution in [0.5, 0.6) is 0 Å². The molecule has 1 aliphatic rings. The molecule has 124 valence electrons. The van der Waals surface area contributed by atoms with E-state index in [1.165, 1.54) is 4.68 Å². The summed E-state index contributed by atoms with van der Waals surface area (Å²) in [5.41, 5.74) is 1.10. The molecule has 1 atom stereocenters. The fraction of sp³-hybridized carbons (Fsp3) is 0.375. The Balaban J connectivity index is 1.48. The van der Waals surface area contributed by atoms with Gasteiger partial charge in [0.05, 0.1) is 0 Å². The fourth-order valence-electron chi connectivity index (χ4n) is 3.18. The second kappa shape index (κ2) is 5.63. The Labute approximate surface area is 137 Å². The largest absolute Gasteiger partial charge is 0.348 e. The van der Waals surface area contributed by atoms with Crippen LogP contribution in [0.3, 0.4) is 0 Å². The number of nitrogens with zero attached hydrogens (tertiary/aromatic N) is 4. The third-order valence-electron chi connectivity index (χ3n) is 4.47. The summed E-state index contributed by atoms with van der Waals surface area (Å²) in [5, 5.41) is 8.21. The lowest BCUT2D eigenvalue weighted by Crippen LogP contribution is -2.35. The molecule has 8 heteroatoms. The molecule has 3 aromatic heterocycles. The second-order valence-electron chi connectivity index (χ2n) is 6.10. The zero-order valence-electron chi connectivity index (χ0n) is 13.3. The number of H-pyrrole nitrogens is 1. The van der Waals surface area contributed by atoms with Gasteiger partial charge in [-0.25, -0.2) is 14.5 Å². The van der Waals surface area contributed by atoms with Gasteiger partial charge in [-0.3, -0.25) is 9.36 Å². The summed E-state index contributed by atoms with van der Waals surface area (Å²) < 4.78 is 3.06. The minimum atomic E-state index is -0.148. The lowest BCUT2D eigenvalue weighted by atomic mass is 10.1. The first-order chi connectivity index (χ1) is 11.6. The van der Waals surface area contributed by atoms with Crippen molar-refractivity contribution in [2.45, 2.75) is 31.8 Å². The minimum absolute atomic E-state index is 0.0169. The predicted molar refractivity (Wildman–Crippen MR) is 87.8 cm³/mol. The Morgan fingerprint density at radius 2 is 2.29 bits per heavy atom. The molecule has 1 amide bonds. The quantitative estimate of drug-likeness (QED) is 0.720. The predicted octanol–water partition coefficient (Wildman–Crippen LogP) is 0.593. The number of carbonyl (C=O) groups excluding carboxylic acids is 1. The van der Waals surface area contributed by atoms with Gasteiger partial charge in [-0.15, -0.1) is 0 Å². The highest BCUT2D eigenvalue weighted by Gasteiger charge is 2.22. The van der Waals surface area contributed by atoms with Crippen molar-refractivity contribution in [2.75, 3.05) is 0 Å². The Kier molecular flexibility index (Phi) is 3.44. The summed E-state index contributed by atoms with van der Waals surface area (Å²) in [4.78, 5) is 31.7. The molecule has 0 fully saturated rings. The van der Waals surface area contributed by atoms with Crippen molar-refractivity contribution in [2.24, 2.45) is 7.05 Å². The van der Waals surface area contributed by atoms with Gasteiger partial charge in [-0.05, 0) is 31.0 Å². The number of carbonyl (C=O) groups is 1. The normalized spacial score (nSPS) is 17.5. The molecule has 1 aliphatic heterocycles. The lowest BCUT2D eigenvalue weighted by Gasteiger charge is -2.15. The molecular weight excluding hydrogens is 308 g/mol. The van der Waals surface area contributed by atoms with Gasteiger partial charge in [-0.2, -0.15) is 5.10 Å². The first-order valence-electron chi connectivity index (χ1n) is 7.99. The molecule has 0 spiro atoms. The van der Waals surface area contributed by atoms with Crippen molar-refractivity contribution in [3.05, 3.63) is 46.4 Å². The number of fused-ring (bicyclic) bond motifs is 2. The summed E-state index contributed by atoms with van der Waals surface area (Å²) >= 11 is 0. The topological polar surface area (TPSA) is 97.6 Å². The number of nitrogens with one attached hydrogen (secondary N) is 2. The van der Waals surface area contributed by atoms with Crippen LogP contribution >= 0.6 is 0 Å². The molecule has 0 aliphatic carbocycles. The van der Waals surface area contributed by atoms with Gasteiger partial charge in [0, 0.05) is 37.6 Å². The van der Waals surface area contributed by atoms with E-state index < -0.39 is 0 Å². The van der Waals surface area contributed by atoms with E-state index in [-0.39, 0.29) is 17.6 Å². The highest BCUT2D eigenvalue weighted by atomic mass is 16.2. The maximum atomic E-state index is 12.5. The van der Waals surface area contributed by atoms with E-state index in [1.807, 2.05) is 12.1 Å². The number of amides is 1. The van der Waals surface area contributed by atoms with E-state index >= 15 is 0 Å². The van der Waals surface area contributed by atoms with Crippen molar-refractivity contribution in [3.8, 4) is 0 Å². The van der Waals surface area contributed by atoms with Gasteiger partial charge in [0.15, 0.2) is 0 Å². The number of aromatic nitrogens is 5. The zero-order valence-corrected chi connectivity index (χ0v) is 13.3. The number of hydrogen-bond acceptors (Lipinski definition) is 4. The van der Waals surface area contributed by atoms with Crippen LogP contribution in [0, 0.1) is 0 Å². The first-order valence-corrected chi connectivity index (χ1v) is 7.99. The number of pyridine rings is 1. The van der Waals surface area contributed by atoms with E-state index in [2.05, 4.69) is 20.4 Å². The average Bonchev–Trinajstić information content (AvgIpc) is 3.06. The Morgan fingerprint density at radius 1 is 1.42 bits per heavy atom. The Morgan fingerprint density at radius 3 is 3.12 bits per heavy atom. The van der Waals surface area contributed by atoms with E-state index in [0.717, 1.165) is 17.6 Å². The molecule has 0 aromatic carbocycles. The summed E-state index contributed by atoms with van der Waals surface area (Å²) in [6.45, 7) is 0.571. The molecular formula is C16H18N6O2. The van der Waals surface area contributed by atoms with Gasteiger partial charge in [0.2, 0.25) is 0 Å². The van der Waals surface area contributed by atoms with Gasteiger partial charge >= 0.3 is 5.69 Å². The van der Waals surface area contributed by atoms with Crippen molar-refractivity contribution >= 4 is 16.9 Å². The Bertz CT molecular complexity index is 934. The van der Waals surface area contributed by atoms with E-state index in [0.29, 0.717) is 30.7 Å². The molecule has 2 N–H and O–H groups in total. The summed E-state index contributed by atoms with van der Waals surface area (Å²) in [6, 6.07) is 5.57. The maximum absolute atomic E-state index is 12.5. The van der Waals surface area contributed by atoms with Crippen LogP contribution in [0.15, 0.2) is 29.2 Å². The van der Waals surface area contributed by atoms with E-state index in [9.17, 15) is 9.59 Å². The van der Waals surface area contributed by atoms with Crippen LogP contribution in [-0.4, -0.2) is 36.3 Å². The lowest BCUT2D eigenvalue weighted by molar-refractivity contribution is 0.0928. The third kappa shape index (κ3) is 2.49. The van der Waals surface area contributed by atoms with Crippen molar-refractivity contribution in [3.63, 3.8) is 0 Å². The third-order valence-corrected chi connectivity index (χ3v) is 4.47. The first kappa shape index (κ1) is 14.7. The van der Waals surface area contributed by atoms with Crippen molar-refractivity contribution in [1.82, 2.24) is 29.6 Å². The Hall–Kier alpha value is -2.90. The number of hydrogen-bond donors (Lipinski definition) is 2. The highest BCUT2D eigenvalue weighted by molar-refractivity contribution is 5.97. The van der Waals surface area contributed by atoms with Crippen LogP contribution in [0.25, 0.3) is 11.0 Å². The molecule has 4 rings (SSSR count). The molecule has 1 unspecified atom stereocenters. The minimum Gasteiger partial charge on any atom is -0.348 e. The number of aryl methyl sites for hydroxylation is 2. The summed E-state index contributed by atoms with van der Waals surface area (Å²) in [5.74, 6) is 0.638. The molecule has 24 heavy (non-hydrogen) atoms. The molecule has 0 radical (unpaired) electrons. The summed E-state index contributed by atoms with van der Waals surface area (Å²) in [6.07, 6.45) is 3.84. The van der Waals surface area contributed by atoms with Crippen molar-refractivity contribution in [1.29, 1.82) is 0 Å². The van der Waals surface area contributed by atoms with E-state index in [1.54, 1.807) is 23.9 Å². The fourth-order valence-corrected chi connectivity index (χ4v) is 3.18. The molecule has 8 nitrogen and oxygen atoms in total. The smallest absolute Gasteiger partial charge is 0.345 e. The van der Waals surface area contributed by atoms with Gasteiger partial charge in [-0.1, -0.05) is 0 Å². The molecule has 0 bridgehead atoms. The standard InChI is InChI=1S/C16H18N6O2/c1-21-16(24)22-8-6-11(4-5-13(22)20-21)18-15(23)12-9-10-3-2-7-17-14(10)19-12/h2-3,7,9,11H,4-6,8H2,1H3,(H,17,19)(H,18,23). The van der Waals surface area contributed by atoms with Gasteiger partial charge in [0.1, 0.15) is 17.2 Å². The zero-order chi connectivity index (χ0) is 16.7. The number of rotatable bonds is 2. The highest BCUT2D eigenvalue weighted by Crippen LogP contribution is 2.15. The van der Waals surface area contributed by atoms with Crippen LogP contribution in [0.2, 0.25) is 0 Å². The van der Waals surface area contributed by atoms with Gasteiger partial charge in [0.25, 0.3) is 5.91 Å². The molecule has 0 saturated heterocycles. The van der Waals surface area contributed by atoms with Crippen LogP contribution < -0.4 is 11.0 Å². The second-order valence-corrected chi connectivity index (χ2v) is 6.10.